The van der Waals surface area contributed by atoms with Crippen molar-refractivity contribution in [3.8, 4) is 0 Å². The second kappa shape index (κ2) is 4.45. The van der Waals surface area contributed by atoms with Gasteiger partial charge in [-0.1, -0.05) is 6.07 Å². The van der Waals surface area contributed by atoms with Gasteiger partial charge in [-0.2, -0.15) is 0 Å². The highest BCUT2D eigenvalue weighted by Gasteiger charge is 2.08. The first-order valence-electron chi connectivity index (χ1n) is 4.74. The number of halogens is 4. The van der Waals surface area contributed by atoms with Gasteiger partial charge in [0, 0.05) is 11.8 Å². The summed E-state index contributed by atoms with van der Waals surface area (Å²) in [5, 5.41) is 2.46. The van der Waals surface area contributed by atoms with E-state index in [1.165, 1.54) is 18.2 Å². The van der Waals surface area contributed by atoms with Gasteiger partial charge in [-0.05, 0) is 24.3 Å². The maximum Gasteiger partial charge on any atom is 0.182 e. The van der Waals surface area contributed by atoms with Crippen LogP contribution >= 0.6 is 0 Å². The van der Waals surface area contributed by atoms with E-state index in [1.54, 1.807) is 0 Å². The van der Waals surface area contributed by atoms with Gasteiger partial charge in [-0.3, -0.25) is 0 Å². The second-order valence-electron chi connectivity index (χ2n) is 3.36. The zero-order valence-electron chi connectivity index (χ0n) is 8.48. The predicted molar refractivity (Wildman–Crippen MR) is 56.0 cm³/mol. The highest BCUT2D eigenvalue weighted by Crippen LogP contribution is 2.22. The lowest BCUT2D eigenvalue weighted by atomic mass is 10.2. The van der Waals surface area contributed by atoms with E-state index < -0.39 is 23.3 Å². The minimum absolute atomic E-state index is 0.133. The van der Waals surface area contributed by atoms with Crippen molar-refractivity contribution in [3.05, 3.63) is 59.7 Å². The fourth-order valence-corrected chi connectivity index (χ4v) is 1.33. The highest BCUT2D eigenvalue weighted by molar-refractivity contribution is 5.60. The zero-order chi connectivity index (χ0) is 12.4. The molecular formula is C12H7F4N. The summed E-state index contributed by atoms with van der Waals surface area (Å²) in [5.74, 6) is -4.16. The molecule has 1 N–H and O–H groups in total. The smallest absolute Gasteiger partial charge is 0.182 e. The molecule has 2 rings (SSSR count). The molecule has 0 saturated carbocycles. The van der Waals surface area contributed by atoms with E-state index in [1.807, 2.05) is 0 Å². The molecule has 5 heteroatoms. The summed E-state index contributed by atoms with van der Waals surface area (Å²) in [7, 11) is 0. The summed E-state index contributed by atoms with van der Waals surface area (Å²) in [6.07, 6.45) is 0. The van der Waals surface area contributed by atoms with Crippen LogP contribution in [0.3, 0.4) is 0 Å². The molecule has 0 amide bonds. The Morgan fingerprint density at radius 3 is 2.24 bits per heavy atom. The molecule has 0 radical (unpaired) electrons. The molecule has 88 valence electrons. The van der Waals surface area contributed by atoms with Crippen LogP contribution in [0.1, 0.15) is 0 Å². The molecule has 0 saturated heterocycles. The highest BCUT2D eigenvalue weighted by atomic mass is 19.2. The van der Waals surface area contributed by atoms with E-state index in [2.05, 4.69) is 5.32 Å². The number of anilines is 2. The van der Waals surface area contributed by atoms with Crippen molar-refractivity contribution in [2.75, 3.05) is 5.32 Å². The first kappa shape index (κ1) is 11.4. The number of nitrogens with one attached hydrogen (secondary N) is 1. The fraction of sp³-hybridized carbons (Fsp3) is 0. The minimum Gasteiger partial charge on any atom is -0.353 e. The molecule has 0 heterocycles. The maximum absolute atomic E-state index is 13.3. The molecular weight excluding hydrogens is 234 g/mol. The van der Waals surface area contributed by atoms with Crippen molar-refractivity contribution in [2.45, 2.75) is 0 Å². The molecule has 0 aromatic heterocycles. The lowest BCUT2D eigenvalue weighted by Crippen LogP contribution is -1.97. The predicted octanol–water partition coefficient (Wildman–Crippen LogP) is 3.99. The summed E-state index contributed by atoms with van der Waals surface area (Å²) in [6.45, 7) is 0. The quantitative estimate of drug-likeness (QED) is 0.784. The van der Waals surface area contributed by atoms with Crippen molar-refractivity contribution in [1.29, 1.82) is 0 Å². The zero-order valence-corrected chi connectivity index (χ0v) is 8.48. The Morgan fingerprint density at radius 2 is 1.53 bits per heavy atom. The monoisotopic (exact) mass is 241 g/mol. The van der Waals surface area contributed by atoms with Gasteiger partial charge in [0.2, 0.25) is 0 Å². The van der Waals surface area contributed by atoms with Gasteiger partial charge in [-0.15, -0.1) is 0 Å². The molecule has 2 aromatic carbocycles. The van der Waals surface area contributed by atoms with E-state index in [4.69, 9.17) is 0 Å². The topological polar surface area (TPSA) is 12.0 Å². The largest absolute Gasteiger partial charge is 0.353 e. The molecule has 0 spiro atoms. The standard InChI is InChI=1S/C12H7F4N/c13-8-5-4-7(6-10(8)15)17-11-3-1-2-9(14)12(11)16/h1-6,17H. The van der Waals surface area contributed by atoms with Gasteiger partial charge in [0.05, 0.1) is 5.69 Å². The molecule has 0 aliphatic heterocycles. The average molecular weight is 241 g/mol. The molecule has 0 unspecified atom stereocenters. The van der Waals surface area contributed by atoms with Crippen LogP contribution in [0.2, 0.25) is 0 Å². The summed E-state index contributed by atoms with van der Waals surface area (Å²) >= 11 is 0. The van der Waals surface area contributed by atoms with E-state index >= 15 is 0 Å². The Balaban J connectivity index is 2.31. The molecule has 0 aliphatic rings. The summed E-state index contributed by atoms with van der Waals surface area (Å²) < 4.78 is 51.7. The normalized spacial score (nSPS) is 10.4. The molecule has 17 heavy (non-hydrogen) atoms. The van der Waals surface area contributed by atoms with Gasteiger partial charge < -0.3 is 5.32 Å². The van der Waals surface area contributed by atoms with Crippen molar-refractivity contribution in [3.63, 3.8) is 0 Å². The first-order chi connectivity index (χ1) is 8.08. The maximum atomic E-state index is 13.3. The second-order valence-corrected chi connectivity index (χ2v) is 3.36. The van der Waals surface area contributed by atoms with Crippen LogP contribution in [0.4, 0.5) is 28.9 Å². The van der Waals surface area contributed by atoms with Crippen molar-refractivity contribution in [1.82, 2.24) is 0 Å². The van der Waals surface area contributed by atoms with E-state index in [0.29, 0.717) is 0 Å². The number of rotatable bonds is 2. The Labute approximate surface area is 94.7 Å². The van der Waals surface area contributed by atoms with Crippen LogP contribution in [0.25, 0.3) is 0 Å². The van der Waals surface area contributed by atoms with Gasteiger partial charge in [0.15, 0.2) is 23.3 Å². The summed E-state index contributed by atoms with van der Waals surface area (Å²) in [6, 6.07) is 6.55. The molecule has 0 atom stereocenters. The Kier molecular flexibility index (Phi) is 2.99. The van der Waals surface area contributed by atoms with Gasteiger partial charge in [0.25, 0.3) is 0 Å². The average Bonchev–Trinajstić information content (AvgIpc) is 2.30. The lowest BCUT2D eigenvalue weighted by Gasteiger charge is -2.08. The van der Waals surface area contributed by atoms with Crippen LogP contribution < -0.4 is 5.32 Å². The van der Waals surface area contributed by atoms with Crippen LogP contribution in [0.15, 0.2) is 36.4 Å². The molecule has 2 aromatic rings. The Hall–Kier alpha value is -2.04. The number of benzene rings is 2. The van der Waals surface area contributed by atoms with E-state index in [-0.39, 0.29) is 11.4 Å². The lowest BCUT2D eigenvalue weighted by molar-refractivity contribution is 0.508. The van der Waals surface area contributed by atoms with Crippen LogP contribution in [0, 0.1) is 23.3 Å². The van der Waals surface area contributed by atoms with Crippen molar-refractivity contribution >= 4 is 11.4 Å². The van der Waals surface area contributed by atoms with Gasteiger partial charge in [-0.25, -0.2) is 17.6 Å². The third-order valence-corrected chi connectivity index (χ3v) is 2.15. The summed E-state index contributed by atoms with van der Waals surface area (Å²) in [5.41, 5.74) is -0.00981. The third kappa shape index (κ3) is 2.38. The fourth-order valence-electron chi connectivity index (χ4n) is 1.33. The number of hydrogen-bond acceptors (Lipinski definition) is 1. The van der Waals surface area contributed by atoms with Crippen molar-refractivity contribution in [2.24, 2.45) is 0 Å². The number of hydrogen-bond donors (Lipinski definition) is 1. The van der Waals surface area contributed by atoms with Gasteiger partial charge in [0.1, 0.15) is 0 Å². The van der Waals surface area contributed by atoms with E-state index in [0.717, 1.165) is 18.2 Å². The SMILES string of the molecule is Fc1ccc(Nc2cccc(F)c2F)cc1F. The molecule has 0 aliphatic carbocycles. The molecule has 1 nitrogen and oxygen atoms in total. The first-order valence-corrected chi connectivity index (χ1v) is 4.74. The Morgan fingerprint density at radius 1 is 0.765 bits per heavy atom. The Bertz CT molecular complexity index is 554. The summed E-state index contributed by atoms with van der Waals surface area (Å²) in [4.78, 5) is 0. The van der Waals surface area contributed by atoms with Gasteiger partial charge >= 0.3 is 0 Å². The minimum atomic E-state index is -1.07. The van der Waals surface area contributed by atoms with Crippen LogP contribution in [0.5, 0.6) is 0 Å². The molecule has 0 bridgehead atoms. The van der Waals surface area contributed by atoms with Crippen molar-refractivity contribution < 1.29 is 17.6 Å². The molecule has 0 fully saturated rings. The third-order valence-electron chi connectivity index (χ3n) is 2.15. The van der Waals surface area contributed by atoms with Crippen LogP contribution in [-0.4, -0.2) is 0 Å². The van der Waals surface area contributed by atoms with Crippen LogP contribution in [-0.2, 0) is 0 Å². The van der Waals surface area contributed by atoms with E-state index in [9.17, 15) is 17.6 Å².